The number of nitrogens with one attached hydrogen (secondary N) is 1. The van der Waals surface area contributed by atoms with E-state index in [0.29, 0.717) is 5.13 Å². The van der Waals surface area contributed by atoms with Crippen molar-refractivity contribution >= 4 is 28.1 Å². The summed E-state index contributed by atoms with van der Waals surface area (Å²) in [5.41, 5.74) is 2.95. The summed E-state index contributed by atoms with van der Waals surface area (Å²) in [7, 11) is 1.78. The fourth-order valence-corrected chi connectivity index (χ4v) is 5.03. The van der Waals surface area contributed by atoms with Crippen molar-refractivity contribution in [3.63, 3.8) is 0 Å². The van der Waals surface area contributed by atoms with Crippen molar-refractivity contribution < 1.29 is 14.7 Å². The molecule has 0 aliphatic rings. The standard InChI is InChI=1S/C29H25N5O3S/c1-34-24(17-18-30-34)19-37-33-26(27(35)36)25-20-38-28(31-25)32-29(21-11-5-2-6-12-21,22-13-7-3-8-14-22)23-15-9-4-10-16-23/h2-18,20H,19H2,1H3,(H,31,32)(H,35,36). The molecule has 5 aromatic rings. The zero-order chi connectivity index (χ0) is 26.4. The molecule has 3 aromatic carbocycles. The SMILES string of the molecule is Cn1nccc1CON=C(C(=O)O)c1csc(NC(c2ccccc2)(c2ccccc2)c2ccccc2)n1. The van der Waals surface area contributed by atoms with Gasteiger partial charge in [0.15, 0.2) is 11.7 Å². The van der Waals surface area contributed by atoms with Crippen LogP contribution in [0.4, 0.5) is 5.13 Å². The Morgan fingerprint density at radius 3 is 1.97 bits per heavy atom. The third kappa shape index (κ3) is 5.05. The number of hydrogen-bond acceptors (Lipinski definition) is 7. The van der Waals surface area contributed by atoms with Gasteiger partial charge in [0.2, 0.25) is 5.71 Å². The number of hydrogen-bond donors (Lipinski definition) is 2. The molecule has 8 nitrogen and oxygen atoms in total. The molecule has 0 saturated heterocycles. The molecule has 9 heteroatoms. The van der Waals surface area contributed by atoms with Crippen LogP contribution in [0.1, 0.15) is 28.1 Å². The van der Waals surface area contributed by atoms with E-state index in [1.165, 1.54) is 11.3 Å². The molecule has 5 rings (SSSR count). The highest BCUT2D eigenvalue weighted by Gasteiger charge is 2.37. The molecule has 0 fully saturated rings. The van der Waals surface area contributed by atoms with E-state index in [-0.39, 0.29) is 18.0 Å². The Kier molecular flexibility index (Phi) is 7.28. The van der Waals surface area contributed by atoms with Gasteiger partial charge in [0, 0.05) is 18.6 Å². The van der Waals surface area contributed by atoms with Crippen LogP contribution in [0.2, 0.25) is 0 Å². The predicted molar refractivity (Wildman–Crippen MR) is 147 cm³/mol. The minimum Gasteiger partial charge on any atom is -0.476 e. The summed E-state index contributed by atoms with van der Waals surface area (Å²) in [6.45, 7) is 0.0850. The molecule has 38 heavy (non-hydrogen) atoms. The molecular weight excluding hydrogens is 498 g/mol. The van der Waals surface area contributed by atoms with Crippen LogP contribution in [0.15, 0.2) is 114 Å². The second kappa shape index (κ2) is 11.1. The van der Waals surface area contributed by atoms with E-state index >= 15 is 0 Å². The number of aryl methyl sites for hydroxylation is 1. The Labute approximate surface area is 223 Å². The first-order chi connectivity index (χ1) is 18.6. The van der Waals surface area contributed by atoms with Gasteiger partial charge in [-0.2, -0.15) is 5.10 Å². The topological polar surface area (TPSA) is 102 Å². The zero-order valence-corrected chi connectivity index (χ0v) is 21.4. The van der Waals surface area contributed by atoms with Crippen LogP contribution in [0, 0.1) is 0 Å². The van der Waals surface area contributed by atoms with Crippen molar-refractivity contribution in [3.8, 4) is 0 Å². The molecule has 2 heterocycles. The number of nitrogens with zero attached hydrogens (tertiary/aromatic N) is 4. The highest BCUT2D eigenvalue weighted by Crippen LogP contribution is 2.40. The molecule has 0 spiro atoms. The quantitative estimate of drug-likeness (QED) is 0.147. The van der Waals surface area contributed by atoms with E-state index in [2.05, 4.69) is 57.0 Å². The van der Waals surface area contributed by atoms with Crippen LogP contribution < -0.4 is 5.32 Å². The number of benzene rings is 3. The lowest BCUT2D eigenvalue weighted by atomic mass is 9.77. The number of aromatic nitrogens is 3. The van der Waals surface area contributed by atoms with Crippen LogP contribution in [-0.4, -0.2) is 31.6 Å². The molecule has 190 valence electrons. The van der Waals surface area contributed by atoms with Gasteiger partial charge in [-0.15, -0.1) is 11.3 Å². The average molecular weight is 524 g/mol. The largest absolute Gasteiger partial charge is 0.476 e. The molecule has 0 saturated carbocycles. The van der Waals surface area contributed by atoms with E-state index < -0.39 is 11.5 Å². The van der Waals surface area contributed by atoms with E-state index in [4.69, 9.17) is 4.84 Å². The first-order valence-electron chi connectivity index (χ1n) is 11.9. The molecule has 0 bridgehead atoms. The van der Waals surface area contributed by atoms with Gasteiger partial charge < -0.3 is 15.3 Å². The van der Waals surface area contributed by atoms with Gasteiger partial charge in [-0.1, -0.05) is 96.2 Å². The molecule has 0 aliphatic carbocycles. The molecular formula is C29H25N5O3S. The maximum atomic E-state index is 12.0. The maximum absolute atomic E-state index is 12.0. The van der Waals surface area contributed by atoms with Crippen molar-refractivity contribution in [2.75, 3.05) is 5.32 Å². The van der Waals surface area contributed by atoms with Gasteiger partial charge in [0.05, 0.1) is 5.69 Å². The van der Waals surface area contributed by atoms with Crippen molar-refractivity contribution in [3.05, 3.63) is 137 Å². The molecule has 2 N–H and O–H groups in total. The Balaban J connectivity index is 1.54. The van der Waals surface area contributed by atoms with Gasteiger partial charge in [-0.25, -0.2) is 9.78 Å². The highest BCUT2D eigenvalue weighted by molar-refractivity contribution is 7.14. The molecule has 0 amide bonds. The number of carboxylic acid groups (broad SMARTS) is 1. The summed E-state index contributed by atoms with van der Waals surface area (Å²) in [6.07, 6.45) is 1.64. The summed E-state index contributed by atoms with van der Waals surface area (Å²) >= 11 is 1.30. The summed E-state index contributed by atoms with van der Waals surface area (Å²) in [5.74, 6) is -1.23. The van der Waals surface area contributed by atoms with Crippen molar-refractivity contribution in [1.82, 2.24) is 14.8 Å². The number of thiazole rings is 1. The molecule has 0 unspecified atom stereocenters. The first-order valence-corrected chi connectivity index (χ1v) is 12.8. The van der Waals surface area contributed by atoms with Crippen LogP contribution in [0.5, 0.6) is 0 Å². The normalized spacial score (nSPS) is 11.8. The number of anilines is 1. The summed E-state index contributed by atoms with van der Waals surface area (Å²) < 4.78 is 1.64. The van der Waals surface area contributed by atoms with E-state index in [1.54, 1.807) is 29.4 Å². The Morgan fingerprint density at radius 2 is 1.50 bits per heavy atom. The fraction of sp³-hybridized carbons (Fsp3) is 0.103. The molecule has 0 aliphatic heterocycles. The Morgan fingerprint density at radius 1 is 0.947 bits per heavy atom. The van der Waals surface area contributed by atoms with E-state index in [1.807, 2.05) is 54.6 Å². The van der Waals surface area contributed by atoms with Gasteiger partial charge in [0.1, 0.15) is 11.2 Å². The Hall–Kier alpha value is -4.76. The minimum atomic E-state index is -1.23. The lowest BCUT2D eigenvalue weighted by Crippen LogP contribution is -2.38. The second-order valence-electron chi connectivity index (χ2n) is 8.48. The number of aliphatic carboxylic acids is 1. The van der Waals surface area contributed by atoms with Crippen molar-refractivity contribution in [2.45, 2.75) is 12.1 Å². The van der Waals surface area contributed by atoms with Gasteiger partial charge in [-0.05, 0) is 22.8 Å². The monoisotopic (exact) mass is 523 g/mol. The molecule has 0 atom stereocenters. The number of oxime groups is 1. The lowest BCUT2D eigenvalue weighted by molar-refractivity contribution is -0.129. The smallest absolute Gasteiger partial charge is 0.360 e. The van der Waals surface area contributed by atoms with Crippen LogP contribution in [0.3, 0.4) is 0 Å². The fourth-order valence-electron chi connectivity index (χ4n) is 4.28. The summed E-state index contributed by atoms with van der Waals surface area (Å²) in [6, 6.07) is 32.1. The van der Waals surface area contributed by atoms with Gasteiger partial charge >= 0.3 is 5.97 Å². The van der Waals surface area contributed by atoms with Crippen LogP contribution >= 0.6 is 11.3 Å². The number of rotatable bonds is 10. The van der Waals surface area contributed by atoms with E-state index in [9.17, 15) is 9.90 Å². The lowest BCUT2D eigenvalue weighted by Gasteiger charge is -2.36. The molecule has 0 radical (unpaired) electrons. The predicted octanol–water partition coefficient (Wildman–Crippen LogP) is 5.29. The first kappa shape index (κ1) is 24.9. The maximum Gasteiger partial charge on any atom is 0.360 e. The third-order valence-corrected chi connectivity index (χ3v) is 6.91. The average Bonchev–Trinajstić information content (AvgIpc) is 3.59. The zero-order valence-electron chi connectivity index (χ0n) is 20.6. The highest BCUT2D eigenvalue weighted by atomic mass is 32.1. The van der Waals surface area contributed by atoms with Crippen molar-refractivity contribution in [2.24, 2.45) is 12.2 Å². The minimum absolute atomic E-state index is 0.0850. The number of carbonyl (C=O) groups is 1. The van der Waals surface area contributed by atoms with Gasteiger partial charge in [0.25, 0.3) is 0 Å². The summed E-state index contributed by atoms with van der Waals surface area (Å²) in [5, 5.41) is 23.6. The third-order valence-electron chi connectivity index (χ3n) is 6.15. The van der Waals surface area contributed by atoms with Crippen LogP contribution in [0.25, 0.3) is 0 Å². The Bertz CT molecular complexity index is 1440. The second-order valence-corrected chi connectivity index (χ2v) is 9.33. The van der Waals surface area contributed by atoms with E-state index in [0.717, 1.165) is 22.4 Å². The van der Waals surface area contributed by atoms with Crippen molar-refractivity contribution in [1.29, 1.82) is 0 Å². The molecule has 2 aromatic heterocycles. The van der Waals surface area contributed by atoms with Gasteiger partial charge in [-0.3, -0.25) is 4.68 Å². The summed E-state index contributed by atoms with van der Waals surface area (Å²) in [4.78, 5) is 22.0. The van der Waals surface area contributed by atoms with Crippen LogP contribution in [-0.2, 0) is 28.8 Å². The number of carboxylic acids is 1.